The Labute approximate surface area is 143 Å². The van der Waals surface area contributed by atoms with Crippen molar-refractivity contribution in [2.24, 2.45) is 0 Å². The number of aryl methyl sites for hydroxylation is 1. The molecule has 0 aliphatic heterocycles. The number of carbonyl (C=O) groups is 1. The summed E-state index contributed by atoms with van der Waals surface area (Å²) in [7, 11) is 5.52. The van der Waals surface area contributed by atoms with Gasteiger partial charge in [-0.15, -0.1) is 0 Å². The zero-order valence-electron chi connectivity index (χ0n) is 14.9. The van der Waals surface area contributed by atoms with Crippen molar-refractivity contribution in [3.05, 3.63) is 41.7 Å². The number of hydrogen-bond donors (Lipinski definition) is 0. The molecule has 0 aliphatic carbocycles. The van der Waals surface area contributed by atoms with Crippen LogP contribution in [-0.4, -0.2) is 43.6 Å². The van der Waals surface area contributed by atoms with Crippen LogP contribution in [0, 0.1) is 6.92 Å². The van der Waals surface area contributed by atoms with E-state index in [4.69, 9.17) is 4.74 Å². The van der Waals surface area contributed by atoms with Crippen LogP contribution in [0.5, 0.6) is 5.88 Å². The number of anilines is 2. The first-order chi connectivity index (χ1) is 11.5. The van der Waals surface area contributed by atoms with Gasteiger partial charge in [-0.3, -0.25) is 4.79 Å². The van der Waals surface area contributed by atoms with Crippen LogP contribution < -0.4 is 14.5 Å². The van der Waals surface area contributed by atoms with Gasteiger partial charge in [0.15, 0.2) is 5.82 Å². The van der Waals surface area contributed by atoms with Crippen LogP contribution in [-0.2, 0) is 0 Å². The molecule has 0 atom stereocenters. The van der Waals surface area contributed by atoms with Gasteiger partial charge in [0, 0.05) is 33.0 Å². The molecule has 2 rings (SSSR count). The normalized spacial score (nSPS) is 10.4. The van der Waals surface area contributed by atoms with Crippen LogP contribution in [0.3, 0.4) is 0 Å². The standard InChI is InChI=1S/C18H24N4O2/c1-6-12-24-17-14(10-9-13(2)20-17)18(23)22(5)15-8-7-11-19-16(15)21(3)4/h7-11H,6,12H2,1-5H3. The van der Waals surface area contributed by atoms with Gasteiger partial charge in [0.05, 0.1) is 12.3 Å². The fourth-order valence-electron chi connectivity index (χ4n) is 2.29. The molecule has 0 saturated heterocycles. The Bertz CT molecular complexity index is 716. The summed E-state index contributed by atoms with van der Waals surface area (Å²) >= 11 is 0. The molecule has 0 aromatic carbocycles. The average molecular weight is 328 g/mol. The Hall–Kier alpha value is -2.63. The molecule has 6 heteroatoms. The highest BCUT2D eigenvalue weighted by Gasteiger charge is 2.22. The van der Waals surface area contributed by atoms with Crippen molar-refractivity contribution in [2.45, 2.75) is 20.3 Å². The van der Waals surface area contributed by atoms with E-state index in [1.165, 1.54) is 0 Å². The summed E-state index contributed by atoms with van der Waals surface area (Å²) in [5.41, 5.74) is 2.00. The smallest absolute Gasteiger partial charge is 0.263 e. The summed E-state index contributed by atoms with van der Waals surface area (Å²) in [5, 5.41) is 0. The Morgan fingerprint density at radius 2 is 1.96 bits per heavy atom. The predicted octanol–water partition coefficient (Wildman–Crippen LogP) is 2.92. The van der Waals surface area contributed by atoms with Gasteiger partial charge in [-0.05, 0) is 37.6 Å². The third-order valence-corrected chi connectivity index (χ3v) is 3.53. The monoisotopic (exact) mass is 328 g/mol. The summed E-state index contributed by atoms with van der Waals surface area (Å²) in [6, 6.07) is 7.26. The van der Waals surface area contributed by atoms with Gasteiger partial charge in [-0.2, -0.15) is 0 Å². The molecule has 2 heterocycles. The van der Waals surface area contributed by atoms with E-state index in [-0.39, 0.29) is 5.91 Å². The molecule has 0 fully saturated rings. The first-order valence-corrected chi connectivity index (χ1v) is 7.96. The van der Waals surface area contributed by atoms with Gasteiger partial charge < -0.3 is 14.5 Å². The topological polar surface area (TPSA) is 58.6 Å². The van der Waals surface area contributed by atoms with Crippen molar-refractivity contribution in [2.75, 3.05) is 37.5 Å². The number of amides is 1. The predicted molar refractivity (Wildman–Crippen MR) is 96.1 cm³/mol. The van der Waals surface area contributed by atoms with Crippen molar-refractivity contribution in [3.63, 3.8) is 0 Å². The lowest BCUT2D eigenvalue weighted by atomic mass is 10.2. The second kappa shape index (κ2) is 7.77. The Morgan fingerprint density at radius 1 is 1.21 bits per heavy atom. The Balaban J connectivity index is 2.38. The van der Waals surface area contributed by atoms with Crippen molar-refractivity contribution in [3.8, 4) is 5.88 Å². The largest absolute Gasteiger partial charge is 0.477 e. The lowest BCUT2D eigenvalue weighted by Crippen LogP contribution is -2.29. The number of carbonyl (C=O) groups excluding carboxylic acids is 1. The van der Waals surface area contributed by atoms with E-state index in [0.717, 1.165) is 23.6 Å². The summed E-state index contributed by atoms with van der Waals surface area (Å²) < 4.78 is 5.67. The summed E-state index contributed by atoms with van der Waals surface area (Å²) in [6.07, 6.45) is 2.56. The van der Waals surface area contributed by atoms with Gasteiger partial charge in [-0.25, -0.2) is 9.97 Å². The Kier molecular flexibility index (Phi) is 5.73. The zero-order chi connectivity index (χ0) is 17.7. The molecule has 2 aromatic rings. The number of aromatic nitrogens is 2. The minimum Gasteiger partial charge on any atom is -0.477 e. The van der Waals surface area contributed by atoms with E-state index >= 15 is 0 Å². The van der Waals surface area contributed by atoms with Crippen LogP contribution >= 0.6 is 0 Å². The molecule has 0 saturated carbocycles. The van der Waals surface area contributed by atoms with Gasteiger partial charge >= 0.3 is 0 Å². The van der Waals surface area contributed by atoms with Crippen molar-refractivity contribution in [1.29, 1.82) is 0 Å². The molecule has 1 amide bonds. The number of rotatable bonds is 6. The van der Waals surface area contributed by atoms with Crippen molar-refractivity contribution >= 4 is 17.4 Å². The first-order valence-electron chi connectivity index (χ1n) is 7.96. The van der Waals surface area contributed by atoms with Crippen LogP contribution in [0.25, 0.3) is 0 Å². The van der Waals surface area contributed by atoms with Gasteiger partial charge in [-0.1, -0.05) is 6.92 Å². The fraction of sp³-hybridized carbons (Fsp3) is 0.389. The summed E-state index contributed by atoms with van der Waals surface area (Å²) in [6.45, 7) is 4.42. The first kappa shape index (κ1) is 17.7. The molecule has 0 aliphatic rings. The molecule has 2 aromatic heterocycles. The van der Waals surface area contributed by atoms with Gasteiger partial charge in [0.2, 0.25) is 5.88 Å². The highest BCUT2D eigenvalue weighted by Crippen LogP contribution is 2.27. The van der Waals surface area contributed by atoms with E-state index in [0.29, 0.717) is 18.1 Å². The molecule has 0 bridgehead atoms. The van der Waals surface area contributed by atoms with E-state index in [9.17, 15) is 4.79 Å². The SMILES string of the molecule is CCCOc1nc(C)ccc1C(=O)N(C)c1cccnc1N(C)C. The summed E-state index contributed by atoms with van der Waals surface area (Å²) in [4.78, 5) is 25.1. The molecular weight excluding hydrogens is 304 g/mol. The molecule has 128 valence electrons. The Morgan fingerprint density at radius 3 is 2.62 bits per heavy atom. The second-order valence-corrected chi connectivity index (χ2v) is 5.76. The van der Waals surface area contributed by atoms with E-state index < -0.39 is 0 Å². The van der Waals surface area contributed by atoms with E-state index in [2.05, 4.69) is 9.97 Å². The zero-order valence-corrected chi connectivity index (χ0v) is 14.9. The maximum atomic E-state index is 13.0. The average Bonchev–Trinajstić information content (AvgIpc) is 2.58. The van der Waals surface area contributed by atoms with E-state index in [1.807, 2.05) is 51.0 Å². The second-order valence-electron chi connectivity index (χ2n) is 5.76. The van der Waals surface area contributed by atoms with Crippen molar-refractivity contribution in [1.82, 2.24) is 9.97 Å². The van der Waals surface area contributed by atoms with E-state index in [1.54, 1.807) is 24.2 Å². The maximum Gasteiger partial charge on any atom is 0.263 e. The lowest BCUT2D eigenvalue weighted by molar-refractivity contribution is 0.0988. The van der Waals surface area contributed by atoms with Gasteiger partial charge in [0.25, 0.3) is 5.91 Å². The number of nitrogens with zero attached hydrogens (tertiary/aromatic N) is 4. The molecule has 0 unspecified atom stereocenters. The number of pyridine rings is 2. The van der Waals surface area contributed by atoms with Gasteiger partial charge in [0.1, 0.15) is 5.56 Å². The molecule has 24 heavy (non-hydrogen) atoms. The van der Waals surface area contributed by atoms with Crippen molar-refractivity contribution < 1.29 is 9.53 Å². The molecule has 0 spiro atoms. The lowest BCUT2D eigenvalue weighted by Gasteiger charge is -2.23. The van der Waals surface area contributed by atoms with Crippen LogP contribution in [0.15, 0.2) is 30.5 Å². The quantitative estimate of drug-likeness (QED) is 0.816. The molecule has 6 nitrogen and oxygen atoms in total. The summed E-state index contributed by atoms with van der Waals surface area (Å²) in [5.74, 6) is 0.929. The minimum absolute atomic E-state index is 0.176. The maximum absolute atomic E-state index is 13.0. The minimum atomic E-state index is -0.176. The molecule has 0 radical (unpaired) electrons. The number of hydrogen-bond acceptors (Lipinski definition) is 5. The highest BCUT2D eigenvalue weighted by atomic mass is 16.5. The number of ether oxygens (including phenoxy) is 1. The third kappa shape index (κ3) is 3.82. The fourth-order valence-corrected chi connectivity index (χ4v) is 2.29. The third-order valence-electron chi connectivity index (χ3n) is 3.53. The molecule has 0 N–H and O–H groups in total. The highest BCUT2D eigenvalue weighted by molar-refractivity contribution is 6.08. The van der Waals surface area contributed by atoms with Crippen LogP contribution in [0.1, 0.15) is 29.4 Å². The van der Waals surface area contributed by atoms with Crippen LogP contribution in [0.4, 0.5) is 11.5 Å². The molecular formula is C18H24N4O2. The van der Waals surface area contributed by atoms with Crippen LogP contribution in [0.2, 0.25) is 0 Å².